The first-order valence-electron chi connectivity index (χ1n) is 6.92. The Morgan fingerprint density at radius 2 is 1.65 bits per heavy atom. The van der Waals surface area contributed by atoms with Crippen LogP contribution < -0.4 is 5.32 Å². The van der Waals surface area contributed by atoms with Crippen LogP contribution in [0.25, 0.3) is 0 Å². The molecule has 2 aromatic carbocycles. The molecule has 20 heavy (non-hydrogen) atoms. The minimum atomic E-state index is 0.339. The summed E-state index contributed by atoms with van der Waals surface area (Å²) in [6.07, 6.45) is 2.14. The molecule has 0 aromatic heterocycles. The maximum absolute atomic E-state index is 3.65. The topological polar surface area (TPSA) is 12.0 Å². The van der Waals surface area contributed by atoms with Gasteiger partial charge in [-0.1, -0.05) is 69.1 Å². The monoisotopic (exact) mass is 395 g/mol. The molecular formula is C17H19Br2N. The fourth-order valence-electron chi connectivity index (χ4n) is 2.25. The molecule has 2 rings (SSSR count). The van der Waals surface area contributed by atoms with Gasteiger partial charge in [0.1, 0.15) is 0 Å². The maximum atomic E-state index is 3.65. The first kappa shape index (κ1) is 15.7. The molecule has 0 saturated heterocycles. The van der Waals surface area contributed by atoms with E-state index in [0.29, 0.717) is 6.04 Å². The zero-order valence-electron chi connectivity index (χ0n) is 11.6. The molecule has 3 heteroatoms. The highest BCUT2D eigenvalue weighted by atomic mass is 79.9. The number of benzene rings is 2. The van der Waals surface area contributed by atoms with Gasteiger partial charge < -0.3 is 5.32 Å². The number of halogens is 2. The van der Waals surface area contributed by atoms with Crippen molar-refractivity contribution in [3.63, 3.8) is 0 Å². The van der Waals surface area contributed by atoms with E-state index in [1.165, 1.54) is 11.1 Å². The van der Waals surface area contributed by atoms with Crippen LogP contribution in [0.4, 0.5) is 0 Å². The van der Waals surface area contributed by atoms with Gasteiger partial charge in [-0.05, 0) is 48.7 Å². The fourth-order valence-corrected chi connectivity index (χ4v) is 3.58. The Bertz CT molecular complexity index is 520. The second-order valence-corrected chi connectivity index (χ2v) is 6.73. The first-order chi connectivity index (χ1) is 9.69. The number of hydrogen-bond acceptors (Lipinski definition) is 1. The summed E-state index contributed by atoms with van der Waals surface area (Å²) in [6, 6.07) is 17.4. The summed E-state index contributed by atoms with van der Waals surface area (Å²) in [7, 11) is 0. The molecule has 2 aromatic rings. The minimum Gasteiger partial charge on any atom is -0.310 e. The van der Waals surface area contributed by atoms with Gasteiger partial charge in [-0.15, -0.1) is 0 Å². The SMILES string of the molecule is CCCNC(Cc1ccccc1)c1cc(Br)cc(Br)c1. The van der Waals surface area contributed by atoms with E-state index >= 15 is 0 Å². The van der Waals surface area contributed by atoms with Crippen LogP contribution in [0.15, 0.2) is 57.5 Å². The van der Waals surface area contributed by atoms with E-state index < -0.39 is 0 Å². The summed E-state index contributed by atoms with van der Waals surface area (Å²) < 4.78 is 2.22. The van der Waals surface area contributed by atoms with Crippen LogP contribution in [0, 0.1) is 0 Å². The second-order valence-electron chi connectivity index (χ2n) is 4.90. The number of hydrogen-bond donors (Lipinski definition) is 1. The van der Waals surface area contributed by atoms with Crippen molar-refractivity contribution in [2.45, 2.75) is 25.8 Å². The predicted octanol–water partition coefficient (Wildman–Crippen LogP) is 5.50. The lowest BCUT2D eigenvalue weighted by Crippen LogP contribution is -2.24. The van der Waals surface area contributed by atoms with Crippen molar-refractivity contribution in [1.29, 1.82) is 0 Å². The van der Waals surface area contributed by atoms with Crippen LogP contribution in [-0.4, -0.2) is 6.54 Å². The van der Waals surface area contributed by atoms with Crippen molar-refractivity contribution in [3.05, 3.63) is 68.6 Å². The minimum absolute atomic E-state index is 0.339. The van der Waals surface area contributed by atoms with Crippen molar-refractivity contribution < 1.29 is 0 Å². The van der Waals surface area contributed by atoms with E-state index in [4.69, 9.17) is 0 Å². The summed E-state index contributed by atoms with van der Waals surface area (Å²) in [5.41, 5.74) is 2.67. The average Bonchev–Trinajstić information content (AvgIpc) is 2.43. The lowest BCUT2D eigenvalue weighted by Gasteiger charge is -2.20. The van der Waals surface area contributed by atoms with Gasteiger partial charge in [0.15, 0.2) is 0 Å². The highest BCUT2D eigenvalue weighted by Crippen LogP contribution is 2.26. The Morgan fingerprint density at radius 3 is 2.25 bits per heavy atom. The summed E-state index contributed by atoms with van der Waals surface area (Å²) in [6.45, 7) is 3.23. The molecule has 0 bridgehead atoms. The lowest BCUT2D eigenvalue weighted by molar-refractivity contribution is 0.529. The van der Waals surface area contributed by atoms with Gasteiger partial charge in [0, 0.05) is 15.0 Å². The molecule has 0 heterocycles. The van der Waals surface area contributed by atoms with Crippen LogP contribution in [0.1, 0.15) is 30.5 Å². The van der Waals surface area contributed by atoms with E-state index in [9.17, 15) is 0 Å². The molecule has 0 amide bonds. The molecule has 0 aliphatic rings. The van der Waals surface area contributed by atoms with Gasteiger partial charge in [0.2, 0.25) is 0 Å². The van der Waals surface area contributed by atoms with Crippen LogP contribution in [0.2, 0.25) is 0 Å². The van der Waals surface area contributed by atoms with E-state index in [1.807, 2.05) is 0 Å². The van der Waals surface area contributed by atoms with Gasteiger partial charge >= 0.3 is 0 Å². The van der Waals surface area contributed by atoms with Gasteiger partial charge in [-0.3, -0.25) is 0 Å². The first-order valence-corrected chi connectivity index (χ1v) is 8.51. The summed E-state index contributed by atoms with van der Waals surface area (Å²) in [5, 5.41) is 3.65. The molecule has 106 valence electrons. The predicted molar refractivity (Wildman–Crippen MR) is 93.0 cm³/mol. The molecule has 1 nitrogen and oxygen atoms in total. The molecular weight excluding hydrogens is 378 g/mol. The second kappa shape index (κ2) is 7.96. The summed E-state index contributed by atoms with van der Waals surface area (Å²) >= 11 is 7.15. The van der Waals surface area contributed by atoms with Gasteiger partial charge in [0.05, 0.1) is 0 Å². The van der Waals surface area contributed by atoms with Gasteiger partial charge in [-0.25, -0.2) is 0 Å². The smallest absolute Gasteiger partial charge is 0.0361 e. The van der Waals surface area contributed by atoms with Crippen LogP contribution >= 0.6 is 31.9 Å². The molecule has 0 radical (unpaired) electrons. The van der Waals surface area contributed by atoms with Gasteiger partial charge in [-0.2, -0.15) is 0 Å². The summed E-state index contributed by atoms with van der Waals surface area (Å²) in [4.78, 5) is 0. The van der Waals surface area contributed by atoms with E-state index in [2.05, 4.69) is 92.6 Å². The Morgan fingerprint density at radius 1 is 1.00 bits per heavy atom. The third-order valence-electron chi connectivity index (χ3n) is 3.21. The molecule has 0 aliphatic carbocycles. The maximum Gasteiger partial charge on any atom is 0.0361 e. The highest BCUT2D eigenvalue weighted by molar-refractivity contribution is 9.11. The molecule has 0 aliphatic heterocycles. The molecule has 1 unspecified atom stereocenters. The Balaban J connectivity index is 2.22. The van der Waals surface area contributed by atoms with Crippen LogP contribution in [-0.2, 0) is 6.42 Å². The number of rotatable bonds is 6. The lowest BCUT2D eigenvalue weighted by atomic mass is 9.99. The largest absolute Gasteiger partial charge is 0.310 e. The summed E-state index contributed by atoms with van der Waals surface area (Å²) in [5.74, 6) is 0. The normalized spacial score (nSPS) is 12.3. The third-order valence-corrected chi connectivity index (χ3v) is 4.13. The van der Waals surface area contributed by atoms with Crippen molar-refractivity contribution >= 4 is 31.9 Å². The number of nitrogens with one attached hydrogen (secondary N) is 1. The standard InChI is InChI=1S/C17H19Br2N/c1-2-8-20-17(9-13-6-4-3-5-7-13)14-10-15(18)12-16(19)11-14/h3-7,10-12,17,20H,2,8-9H2,1H3. The van der Waals surface area contributed by atoms with Crippen molar-refractivity contribution in [2.75, 3.05) is 6.54 Å². The third kappa shape index (κ3) is 4.72. The van der Waals surface area contributed by atoms with E-state index in [-0.39, 0.29) is 0 Å². The van der Waals surface area contributed by atoms with Gasteiger partial charge in [0.25, 0.3) is 0 Å². The molecule has 1 N–H and O–H groups in total. The zero-order chi connectivity index (χ0) is 14.4. The Labute approximate surface area is 138 Å². The molecule has 0 saturated carbocycles. The zero-order valence-corrected chi connectivity index (χ0v) is 14.7. The van der Waals surface area contributed by atoms with Crippen molar-refractivity contribution in [1.82, 2.24) is 5.32 Å². The van der Waals surface area contributed by atoms with Crippen LogP contribution in [0.3, 0.4) is 0 Å². The van der Waals surface area contributed by atoms with Crippen molar-refractivity contribution in [3.8, 4) is 0 Å². The van der Waals surface area contributed by atoms with Crippen molar-refractivity contribution in [2.24, 2.45) is 0 Å². The fraction of sp³-hybridized carbons (Fsp3) is 0.294. The molecule has 0 spiro atoms. The molecule has 1 atom stereocenters. The Hall–Kier alpha value is -0.640. The average molecular weight is 397 g/mol. The quantitative estimate of drug-likeness (QED) is 0.680. The molecule has 0 fully saturated rings. The highest BCUT2D eigenvalue weighted by Gasteiger charge is 2.12. The van der Waals surface area contributed by atoms with E-state index in [0.717, 1.165) is 28.3 Å². The Kier molecular flexibility index (Phi) is 6.27. The van der Waals surface area contributed by atoms with E-state index in [1.54, 1.807) is 0 Å². The van der Waals surface area contributed by atoms with Crippen LogP contribution in [0.5, 0.6) is 0 Å².